The Balaban J connectivity index is 1.90. The van der Waals surface area contributed by atoms with Gasteiger partial charge in [-0.15, -0.1) is 0 Å². The van der Waals surface area contributed by atoms with E-state index in [1.54, 1.807) is 6.08 Å². The third-order valence-electron chi connectivity index (χ3n) is 3.73. The molecule has 0 bridgehead atoms. The quantitative estimate of drug-likeness (QED) is 0.354. The number of nitro groups is 1. The van der Waals surface area contributed by atoms with Crippen LogP contribution in [0, 0.1) is 10.1 Å². The minimum atomic E-state index is -0.605. The van der Waals surface area contributed by atoms with Crippen molar-refractivity contribution in [2.24, 2.45) is 4.99 Å². The highest BCUT2D eigenvalue weighted by Gasteiger charge is 2.26. The minimum Gasteiger partial charge on any atom is -0.402 e. The van der Waals surface area contributed by atoms with Gasteiger partial charge in [0.05, 0.1) is 15.5 Å². The maximum Gasteiger partial charge on any atom is 0.363 e. The van der Waals surface area contributed by atoms with Gasteiger partial charge in [-0.25, -0.2) is 9.79 Å². The molecule has 0 saturated heterocycles. The highest BCUT2D eigenvalue weighted by atomic mass is 35.5. The van der Waals surface area contributed by atoms with Gasteiger partial charge in [-0.3, -0.25) is 10.1 Å². The summed E-state index contributed by atoms with van der Waals surface area (Å²) in [4.78, 5) is 28.4. The molecule has 1 aliphatic heterocycles. The highest BCUT2D eigenvalue weighted by molar-refractivity contribution is 6.34. The molecule has 0 N–H and O–H groups in total. The SMILES string of the molecule is CN(C)c1ccc(/C=C2\N=C(c3ccc([N+](=O)[O-])cc3Cl)OC2=O)cc1. The zero-order valence-electron chi connectivity index (χ0n) is 14.0. The molecule has 0 atom stereocenters. The van der Waals surface area contributed by atoms with Crippen LogP contribution >= 0.6 is 11.6 Å². The summed E-state index contributed by atoms with van der Waals surface area (Å²) in [5.74, 6) is -0.586. The molecule has 8 heteroatoms. The van der Waals surface area contributed by atoms with Crippen molar-refractivity contribution in [2.45, 2.75) is 0 Å². The van der Waals surface area contributed by atoms with Gasteiger partial charge in [0.2, 0.25) is 5.90 Å². The van der Waals surface area contributed by atoms with Gasteiger partial charge in [-0.05, 0) is 29.8 Å². The summed E-state index contributed by atoms with van der Waals surface area (Å²) in [7, 11) is 3.87. The molecule has 26 heavy (non-hydrogen) atoms. The zero-order valence-corrected chi connectivity index (χ0v) is 14.7. The Morgan fingerprint density at radius 1 is 1.19 bits per heavy atom. The summed E-state index contributed by atoms with van der Waals surface area (Å²) < 4.78 is 5.16. The van der Waals surface area contributed by atoms with Crippen molar-refractivity contribution in [3.05, 3.63) is 74.4 Å². The number of benzene rings is 2. The number of carbonyl (C=O) groups excluding carboxylic acids is 1. The standard InChI is InChI=1S/C18H14ClN3O4/c1-21(2)12-5-3-11(4-6-12)9-16-18(23)26-17(20-16)14-8-7-13(22(24)25)10-15(14)19/h3-10H,1-2H3/b16-9-. The van der Waals surface area contributed by atoms with E-state index < -0.39 is 10.9 Å². The summed E-state index contributed by atoms with van der Waals surface area (Å²) in [5.41, 5.74) is 2.12. The van der Waals surface area contributed by atoms with Crippen LogP contribution in [-0.4, -0.2) is 30.9 Å². The number of anilines is 1. The molecule has 2 aromatic rings. The van der Waals surface area contributed by atoms with Crippen LogP contribution in [-0.2, 0) is 9.53 Å². The van der Waals surface area contributed by atoms with E-state index in [0.29, 0.717) is 5.56 Å². The average molecular weight is 372 g/mol. The molecule has 0 spiro atoms. The Morgan fingerprint density at radius 3 is 2.46 bits per heavy atom. The molecule has 3 rings (SSSR count). The second-order valence-corrected chi connectivity index (χ2v) is 6.15. The molecule has 1 aliphatic rings. The number of rotatable bonds is 4. The predicted octanol–water partition coefficient (Wildman–Crippen LogP) is 3.66. The van der Waals surface area contributed by atoms with Crippen molar-refractivity contribution in [1.29, 1.82) is 0 Å². The van der Waals surface area contributed by atoms with Crippen molar-refractivity contribution < 1.29 is 14.5 Å². The monoisotopic (exact) mass is 371 g/mol. The number of halogens is 1. The van der Waals surface area contributed by atoms with Crippen LogP contribution in [0.2, 0.25) is 5.02 Å². The van der Waals surface area contributed by atoms with Gasteiger partial charge in [-0.2, -0.15) is 0 Å². The molecular weight excluding hydrogens is 358 g/mol. The van der Waals surface area contributed by atoms with E-state index in [2.05, 4.69) is 4.99 Å². The number of cyclic esters (lactones) is 1. The Labute approximate surface area is 154 Å². The lowest BCUT2D eigenvalue weighted by atomic mass is 10.1. The molecule has 0 unspecified atom stereocenters. The zero-order chi connectivity index (χ0) is 18.8. The Bertz CT molecular complexity index is 949. The molecule has 7 nitrogen and oxygen atoms in total. The van der Waals surface area contributed by atoms with Crippen molar-refractivity contribution in [3.8, 4) is 0 Å². The molecule has 0 fully saturated rings. The van der Waals surface area contributed by atoms with Crippen LogP contribution in [0.1, 0.15) is 11.1 Å². The lowest BCUT2D eigenvalue weighted by Gasteiger charge is -2.11. The van der Waals surface area contributed by atoms with Crippen molar-refractivity contribution in [3.63, 3.8) is 0 Å². The summed E-state index contributed by atoms with van der Waals surface area (Å²) in [6.07, 6.45) is 1.61. The smallest absolute Gasteiger partial charge is 0.363 e. The number of carbonyl (C=O) groups is 1. The van der Waals surface area contributed by atoms with Crippen LogP contribution < -0.4 is 4.90 Å². The first-order chi connectivity index (χ1) is 12.3. The fourth-order valence-corrected chi connectivity index (χ4v) is 2.60. The molecule has 1 heterocycles. The number of hydrogen-bond donors (Lipinski definition) is 0. The number of non-ortho nitro benzene ring substituents is 1. The topological polar surface area (TPSA) is 85.0 Å². The molecule has 0 radical (unpaired) electrons. The Kier molecular flexibility index (Phi) is 4.73. The highest BCUT2D eigenvalue weighted by Crippen LogP contribution is 2.27. The maximum atomic E-state index is 12.1. The summed E-state index contributed by atoms with van der Waals surface area (Å²) in [6, 6.07) is 11.4. The second-order valence-electron chi connectivity index (χ2n) is 5.74. The van der Waals surface area contributed by atoms with Gasteiger partial charge in [0.1, 0.15) is 0 Å². The van der Waals surface area contributed by atoms with E-state index in [1.807, 2.05) is 43.3 Å². The molecular formula is C18H14ClN3O4. The lowest BCUT2D eigenvalue weighted by Crippen LogP contribution is -2.08. The number of aliphatic imine (C=N–C) groups is 1. The van der Waals surface area contributed by atoms with Gasteiger partial charge >= 0.3 is 5.97 Å². The lowest BCUT2D eigenvalue weighted by molar-refractivity contribution is -0.384. The van der Waals surface area contributed by atoms with Gasteiger partial charge in [-0.1, -0.05) is 23.7 Å². The second kappa shape index (κ2) is 6.97. The third kappa shape index (κ3) is 3.57. The number of nitro benzene ring substituents is 1. The van der Waals surface area contributed by atoms with E-state index in [0.717, 1.165) is 11.3 Å². The fraction of sp³-hybridized carbons (Fsp3) is 0.111. The van der Waals surface area contributed by atoms with Gasteiger partial charge in [0, 0.05) is 31.9 Å². The van der Waals surface area contributed by atoms with Crippen LogP contribution in [0.4, 0.5) is 11.4 Å². The summed E-state index contributed by atoms with van der Waals surface area (Å²) in [6.45, 7) is 0. The number of ether oxygens (including phenoxy) is 1. The van der Waals surface area contributed by atoms with Gasteiger partial charge < -0.3 is 9.64 Å². The maximum absolute atomic E-state index is 12.1. The number of nitrogens with zero attached hydrogens (tertiary/aromatic N) is 3. The minimum absolute atomic E-state index is 0.0195. The fourth-order valence-electron chi connectivity index (χ4n) is 2.34. The van der Waals surface area contributed by atoms with Gasteiger partial charge in [0.15, 0.2) is 5.70 Å². The molecule has 0 saturated carbocycles. The first-order valence-corrected chi connectivity index (χ1v) is 7.97. The summed E-state index contributed by atoms with van der Waals surface area (Å²) in [5, 5.41) is 10.9. The van der Waals surface area contributed by atoms with Crippen LogP contribution in [0.3, 0.4) is 0 Å². The van der Waals surface area contributed by atoms with E-state index >= 15 is 0 Å². The van der Waals surface area contributed by atoms with E-state index in [1.165, 1.54) is 18.2 Å². The largest absolute Gasteiger partial charge is 0.402 e. The van der Waals surface area contributed by atoms with Crippen molar-refractivity contribution >= 4 is 40.9 Å². The van der Waals surface area contributed by atoms with Crippen molar-refractivity contribution in [1.82, 2.24) is 0 Å². The van der Waals surface area contributed by atoms with Gasteiger partial charge in [0.25, 0.3) is 5.69 Å². The van der Waals surface area contributed by atoms with Crippen molar-refractivity contribution in [2.75, 3.05) is 19.0 Å². The molecule has 0 aromatic heterocycles. The first-order valence-electron chi connectivity index (χ1n) is 7.59. The average Bonchev–Trinajstić information content (AvgIpc) is 2.95. The molecule has 0 aliphatic carbocycles. The third-order valence-corrected chi connectivity index (χ3v) is 4.04. The normalized spacial score (nSPS) is 15.0. The summed E-state index contributed by atoms with van der Waals surface area (Å²) >= 11 is 6.06. The van der Waals surface area contributed by atoms with Crippen LogP contribution in [0.5, 0.6) is 0 Å². The van der Waals surface area contributed by atoms with E-state index in [4.69, 9.17) is 16.3 Å². The Morgan fingerprint density at radius 2 is 1.88 bits per heavy atom. The van der Waals surface area contributed by atoms with Crippen LogP contribution in [0.15, 0.2) is 53.2 Å². The number of hydrogen-bond acceptors (Lipinski definition) is 6. The Hall–Kier alpha value is -3.19. The van der Waals surface area contributed by atoms with Crippen LogP contribution in [0.25, 0.3) is 6.08 Å². The first kappa shape index (κ1) is 17.6. The van der Waals surface area contributed by atoms with E-state index in [9.17, 15) is 14.9 Å². The predicted molar refractivity (Wildman–Crippen MR) is 99.5 cm³/mol. The molecule has 0 amide bonds. The molecule has 2 aromatic carbocycles. The molecule has 132 valence electrons. The number of esters is 1. The van der Waals surface area contributed by atoms with E-state index in [-0.39, 0.29) is 22.3 Å².